The van der Waals surface area contributed by atoms with Gasteiger partial charge in [0.05, 0.1) is 12.2 Å². The molecule has 0 aromatic carbocycles. The Labute approximate surface area is 152 Å². The first kappa shape index (κ1) is 21.0. The third-order valence-corrected chi connectivity index (χ3v) is 4.11. The fourth-order valence-corrected chi connectivity index (χ4v) is 2.72. The summed E-state index contributed by atoms with van der Waals surface area (Å²) in [6, 6.07) is 2.36. The van der Waals surface area contributed by atoms with Crippen molar-refractivity contribution in [3.8, 4) is 0 Å². The highest BCUT2D eigenvalue weighted by Crippen LogP contribution is 2.10. The molecular weight excluding hydrogens is 312 g/mol. The van der Waals surface area contributed by atoms with Crippen LogP contribution in [0.1, 0.15) is 26.5 Å². The molecule has 0 fully saturated rings. The topological polar surface area (TPSA) is 57.5 Å². The number of guanidine groups is 1. The van der Waals surface area contributed by atoms with Crippen LogP contribution in [0.2, 0.25) is 0 Å². The number of aromatic nitrogens is 2. The van der Waals surface area contributed by atoms with Crippen molar-refractivity contribution in [3.05, 3.63) is 43.3 Å². The predicted octanol–water partition coefficient (Wildman–Crippen LogP) is 2.17. The Morgan fingerprint density at radius 3 is 2.48 bits per heavy atom. The summed E-state index contributed by atoms with van der Waals surface area (Å²) in [5.41, 5.74) is 1.08. The lowest BCUT2D eigenvalue weighted by molar-refractivity contribution is 0.190. The summed E-state index contributed by atoms with van der Waals surface area (Å²) in [6.07, 6.45) is 5.68. The molecule has 140 valence electrons. The molecule has 0 saturated carbocycles. The molecule has 0 radical (unpaired) electrons. The Morgan fingerprint density at radius 1 is 1.32 bits per heavy atom. The minimum atomic E-state index is 0.372. The average molecular weight is 347 g/mol. The lowest BCUT2D eigenvalue weighted by Gasteiger charge is -2.33. The third-order valence-electron chi connectivity index (χ3n) is 4.11. The smallest absolute Gasteiger partial charge is 0.191 e. The Hall–Kier alpha value is -2.08. The number of hydrogen-bond donors (Lipinski definition) is 2. The van der Waals surface area contributed by atoms with Crippen LogP contribution in [-0.4, -0.2) is 52.9 Å². The van der Waals surface area contributed by atoms with E-state index in [9.17, 15) is 0 Å². The van der Waals surface area contributed by atoms with E-state index in [-0.39, 0.29) is 0 Å². The molecule has 0 bridgehead atoms. The Balaban J connectivity index is 2.75. The molecule has 1 heterocycles. The first-order valence-electron chi connectivity index (χ1n) is 8.98. The Bertz CT molecular complexity index is 536. The molecule has 0 spiro atoms. The van der Waals surface area contributed by atoms with Crippen LogP contribution < -0.4 is 10.6 Å². The van der Waals surface area contributed by atoms with Crippen LogP contribution >= 0.6 is 0 Å². The summed E-state index contributed by atoms with van der Waals surface area (Å²) in [6.45, 7) is 18.2. The number of aryl methyl sites for hydroxylation is 1. The Morgan fingerprint density at radius 2 is 2.00 bits per heavy atom. The van der Waals surface area contributed by atoms with Crippen molar-refractivity contribution in [1.82, 2.24) is 25.3 Å². The average Bonchev–Trinajstić information content (AvgIpc) is 2.97. The number of hydrogen-bond acceptors (Lipinski definition) is 3. The normalized spacial score (nSPS) is 13.1. The molecular formula is C19H34N6. The number of nitrogens with one attached hydrogen (secondary N) is 2. The van der Waals surface area contributed by atoms with Gasteiger partial charge in [0.25, 0.3) is 0 Å². The molecule has 1 atom stereocenters. The van der Waals surface area contributed by atoms with E-state index in [4.69, 9.17) is 0 Å². The molecule has 0 aliphatic carbocycles. The van der Waals surface area contributed by atoms with E-state index >= 15 is 0 Å². The zero-order valence-corrected chi connectivity index (χ0v) is 16.2. The standard InChI is InChI=1S/C19H34N6/c1-7-12-25(13-8-2)18(16(4)5)15-22-19(20-9-3)21-14-17-10-11-23-24(17)6/h7-8,10-11,16,18H,1-2,9,12-15H2,3-6H3,(H2,20,21,22). The lowest BCUT2D eigenvalue weighted by Crippen LogP contribution is -2.49. The molecule has 25 heavy (non-hydrogen) atoms. The molecule has 0 amide bonds. The number of rotatable bonds is 11. The van der Waals surface area contributed by atoms with Gasteiger partial charge in [0.15, 0.2) is 5.96 Å². The first-order valence-corrected chi connectivity index (χ1v) is 8.98. The zero-order valence-electron chi connectivity index (χ0n) is 16.2. The maximum absolute atomic E-state index is 4.67. The van der Waals surface area contributed by atoms with E-state index in [0.29, 0.717) is 18.5 Å². The van der Waals surface area contributed by atoms with Crippen molar-refractivity contribution in [2.45, 2.75) is 33.4 Å². The second-order valence-corrected chi connectivity index (χ2v) is 6.36. The highest BCUT2D eigenvalue weighted by atomic mass is 15.3. The molecule has 6 heteroatoms. The van der Waals surface area contributed by atoms with Gasteiger partial charge in [-0.05, 0) is 18.9 Å². The zero-order chi connectivity index (χ0) is 18.7. The molecule has 1 rings (SSSR count). The van der Waals surface area contributed by atoms with Crippen molar-refractivity contribution in [3.63, 3.8) is 0 Å². The summed E-state index contributed by atoms with van der Waals surface area (Å²) in [4.78, 5) is 7.05. The second kappa shape index (κ2) is 11.5. The van der Waals surface area contributed by atoms with Gasteiger partial charge in [0.2, 0.25) is 0 Å². The van der Waals surface area contributed by atoms with Crippen LogP contribution in [0, 0.1) is 5.92 Å². The minimum absolute atomic E-state index is 0.372. The Kier molecular flexibility index (Phi) is 9.62. The van der Waals surface area contributed by atoms with Gasteiger partial charge in [-0.3, -0.25) is 9.58 Å². The van der Waals surface area contributed by atoms with Crippen molar-refractivity contribution < 1.29 is 0 Å². The van der Waals surface area contributed by atoms with Gasteiger partial charge < -0.3 is 10.6 Å². The summed E-state index contributed by atoms with van der Waals surface area (Å²) in [5.74, 6) is 1.33. The molecule has 1 aromatic rings. The quantitative estimate of drug-likeness (QED) is 0.366. The predicted molar refractivity (Wildman–Crippen MR) is 107 cm³/mol. The van der Waals surface area contributed by atoms with E-state index < -0.39 is 0 Å². The summed E-state index contributed by atoms with van der Waals surface area (Å²) < 4.78 is 1.85. The molecule has 0 aliphatic heterocycles. The van der Waals surface area contributed by atoms with Gasteiger partial charge in [0, 0.05) is 45.5 Å². The number of aliphatic imine (C=N–C) groups is 1. The van der Waals surface area contributed by atoms with Gasteiger partial charge in [-0.25, -0.2) is 4.99 Å². The van der Waals surface area contributed by atoms with E-state index in [0.717, 1.165) is 37.8 Å². The van der Waals surface area contributed by atoms with Crippen LogP contribution in [0.15, 0.2) is 42.6 Å². The van der Waals surface area contributed by atoms with E-state index in [2.05, 4.69) is 59.6 Å². The van der Waals surface area contributed by atoms with E-state index in [1.54, 1.807) is 6.20 Å². The first-order chi connectivity index (χ1) is 12.0. The molecule has 1 aromatic heterocycles. The van der Waals surface area contributed by atoms with Gasteiger partial charge in [-0.1, -0.05) is 26.0 Å². The van der Waals surface area contributed by atoms with Gasteiger partial charge in [-0.2, -0.15) is 5.10 Å². The number of nitrogens with zero attached hydrogens (tertiary/aromatic N) is 4. The molecule has 6 nitrogen and oxygen atoms in total. The minimum Gasteiger partial charge on any atom is -0.357 e. The molecule has 0 saturated heterocycles. The van der Waals surface area contributed by atoms with Crippen molar-refractivity contribution in [1.29, 1.82) is 0 Å². The van der Waals surface area contributed by atoms with Gasteiger partial charge >= 0.3 is 0 Å². The maximum Gasteiger partial charge on any atom is 0.191 e. The van der Waals surface area contributed by atoms with Gasteiger partial charge in [-0.15, -0.1) is 13.2 Å². The van der Waals surface area contributed by atoms with Crippen LogP contribution in [0.3, 0.4) is 0 Å². The van der Waals surface area contributed by atoms with Crippen LogP contribution in [0.4, 0.5) is 0 Å². The largest absolute Gasteiger partial charge is 0.357 e. The monoisotopic (exact) mass is 346 g/mol. The highest BCUT2D eigenvalue weighted by Gasteiger charge is 2.20. The fourth-order valence-electron chi connectivity index (χ4n) is 2.72. The SMILES string of the molecule is C=CCN(CC=C)C(CNC(=NCc1ccnn1C)NCC)C(C)C. The third kappa shape index (κ3) is 7.13. The van der Waals surface area contributed by atoms with Crippen LogP contribution in [0.5, 0.6) is 0 Å². The molecule has 2 N–H and O–H groups in total. The second-order valence-electron chi connectivity index (χ2n) is 6.36. The van der Waals surface area contributed by atoms with E-state index in [1.165, 1.54) is 0 Å². The van der Waals surface area contributed by atoms with Crippen LogP contribution in [-0.2, 0) is 13.6 Å². The van der Waals surface area contributed by atoms with Gasteiger partial charge in [0.1, 0.15) is 0 Å². The fraction of sp³-hybridized carbons (Fsp3) is 0.579. The summed E-state index contributed by atoms with van der Waals surface area (Å²) >= 11 is 0. The molecule has 1 unspecified atom stereocenters. The molecule has 0 aliphatic rings. The van der Waals surface area contributed by atoms with Crippen LogP contribution in [0.25, 0.3) is 0 Å². The highest BCUT2D eigenvalue weighted by molar-refractivity contribution is 5.79. The van der Waals surface area contributed by atoms with E-state index in [1.807, 2.05) is 29.9 Å². The summed E-state index contributed by atoms with van der Waals surface area (Å²) in [5, 5.41) is 11.0. The lowest BCUT2D eigenvalue weighted by atomic mass is 10.0. The van der Waals surface area contributed by atoms with Crippen molar-refractivity contribution in [2.24, 2.45) is 18.0 Å². The van der Waals surface area contributed by atoms with Crippen molar-refractivity contribution in [2.75, 3.05) is 26.2 Å². The summed E-state index contributed by atoms with van der Waals surface area (Å²) in [7, 11) is 1.93. The maximum atomic E-state index is 4.67. The van der Waals surface area contributed by atoms with Crippen molar-refractivity contribution >= 4 is 5.96 Å².